The van der Waals surface area contributed by atoms with E-state index >= 15 is 0 Å². The lowest BCUT2D eigenvalue weighted by Crippen LogP contribution is -2.54. The van der Waals surface area contributed by atoms with Crippen LogP contribution in [0.1, 0.15) is 28.2 Å². The molecule has 0 spiro atoms. The van der Waals surface area contributed by atoms with Gasteiger partial charge in [0.25, 0.3) is 5.69 Å². The number of imide groups is 1. The Labute approximate surface area is 228 Å². The van der Waals surface area contributed by atoms with Gasteiger partial charge >= 0.3 is 0 Å². The number of anilines is 1. The summed E-state index contributed by atoms with van der Waals surface area (Å²) >= 11 is 6.49. The van der Waals surface area contributed by atoms with E-state index in [1.54, 1.807) is 48.7 Å². The molecule has 4 aromatic carbocycles. The van der Waals surface area contributed by atoms with Crippen molar-refractivity contribution >= 4 is 46.7 Å². The van der Waals surface area contributed by atoms with Crippen LogP contribution < -0.4 is 4.90 Å². The van der Waals surface area contributed by atoms with Gasteiger partial charge in [-0.1, -0.05) is 84.4 Å². The predicted molar refractivity (Wildman–Crippen MR) is 148 cm³/mol. The van der Waals surface area contributed by atoms with Crippen molar-refractivity contribution in [1.29, 1.82) is 0 Å². The first-order chi connectivity index (χ1) is 18.9. The van der Waals surface area contributed by atoms with Gasteiger partial charge < -0.3 is 0 Å². The van der Waals surface area contributed by atoms with Crippen LogP contribution in [0.15, 0.2) is 102 Å². The Kier molecular flexibility index (Phi) is 5.09. The summed E-state index contributed by atoms with van der Waals surface area (Å²) in [6, 6.07) is 28.7. The second kappa shape index (κ2) is 8.44. The van der Waals surface area contributed by atoms with E-state index in [1.165, 1.54) is 11.0 Å². The van der Waals surface area contributed by atoms with Gasteiger partial charge in [-0.3, -0.25) is 24.7 Å². The molecule has 0 N–H and O–H groups in total. The lowest BCUT2D eigenvalue weighted by Gasteiger charge is -2.52. The minimum Gasteiger partial charge on any atom is -0.274 e. The Hall–Kier alpha value is -4.62. The summed E-state index contributed by atoms with van der Waals surface area (Å²) in [5.41, 5.74) is 2.91. The summed E-state index contributed by atoms with van der Waals surface area (Å²) in [5.74, 6) is -2.48. The molecule has 0 radical (unpaired) electrons. The van der Waals surface area contributed by atoms with E-state index in [-0.39, 0.29) is 29.1 Å². The number of benzene rings is 4. The molecule has 1 heterocycles. The highest BCUT2D eigenvalue weighted by atomic mass is 35.5. The predicted octanol–water partition coefficient (Wildman–Crippen LogP) is 6.20. The zero-order valence-electron chi connectivity index (χ0n) is 20.4. The minimum absolute atomic E-state index is 0.140. The highest BCUT2D eigenvalue weighted by Gasteiger charge is 2.68. The standard InChI is InChI=1S/C31H20ClN3O4/c32-22-13-5-7-15-24(22)34-29(36)27-26-18-9-1-3-11-20(18)31(28(27)30(34)37,21-12-4-2-10-19(21)26)17-33-23-14-6-8-16-25(23)35(38)39/h1-17,26-28H/t26?,27-,28-,31?/m0/s1. The van der Waals surface area contributed by atoms with E-state index in [0.29, 0.717) is 10.7 Å². The molecule has 4 aliphatic rings. The molecular formula is C31H20ClN3O4. The number of hydrogen-bond donors (Lipinski definition) is 0. The summed E-state index contributed by atoms with van der Waals surface area (Å²) in [7, 11) is 0. The van der Waals surface area contributed by atoms with E-state index < -0.39 is 22.2 Å². The maximum absolute atomic E-state index is 14.4. The van der Waals surface area contributed by atoms with Gasteiger partial charge in [0.05, 0.1) is 32.9 Å². The van der Waals surface area contributed by atoms with Gasteiger partial charge in [0.1, 0.15) is 5.69 Å². The van der Waals surface area contributed by atoms with Crippen molar-refractivity contribution in [2.45, 2.75) is 11.3 Å². The topological polar surface area (TPSA) is 92.9 Å². The zero-order valence-corrected chi connectivity index (χ0v) is 21.2. The number of nitro benzene ring substituents is 1. The first-order valence-electron chi connectivity index (χ1n) is 12.5. The van der Waals surface area contributed by atoms with Crippen molar-refractivity contribution in [3.63, 3.8) is 0 Å². The quantitative estimate of drug-likeness (QED) is 0.135. The number of hydrogen-bond acceptors (Lipinski definition) is 5. The molecule has 8 heteroatoms. The second-order valence-electron chi connectivity index (χ2n) is 9.99. The van der Waals surface area contributed by atoms with Crippen LogP contribution in [0.3, 0.4) is 0 Å². The first-order valence-corrected chi connectivity index (χ1v) is 12.9. The molecule has 1 saturated heterocycles. The van der Waals surface area contributed by atoms with Crippen molar-refractivity contribution in [3.8, 4) is 0 Å². The van der Waals surface area contributed by atoms with Crippen molar-refractivity contribution in [2.24, 2.45) is 16.8 Å². The minimum atomic E-state index is -1.13. The molecule has 0 saturated carbocycles. The molecule has 3 aliphatic carbocycles. The van der Waals surface area contributed by atoms with E-state index in [2.05, 4.69) is 4.99 Å². The lowest BCUT2D eigenvalue weighted by molar-refractivity contribution is -0.384. The zero-order chi connectivity index (χ0) is 26.9. The van der Waals surface area contributed by atoms with Gasteiger partial charge in [-0.2, -0.15) is 0 Å². The molecule has 2 amide bonds. The maximum Gasteiger partial charge on any atom is 0.294 e. The molecule has 7 nitrogen and oxygen atoms in total. The first kappa shape index (κ1) is 23.5. The van der Waals surface area contributed by atoms with Crippen LogP contribution in [0.2, 0.25) is 5.02 Å². The number of rotatable bonds is 4. The number of para-hydroxylation sites is 3. The maximum atomic E-state index is 14.4. The van der Waals surface area contributed by atoms with Crippen LogP contribution >= 0.6 is 11.6 Å². The summed E-state index contributed by atoms with van der Waals surface area (Å²) in [4.78, 5) is 45.7. The summed E-state index contributed by atoms with van der Waals surface area (Å²) in [6.45, 7) is 0. The van der Waals surface area contributed by atoms with Gasteiger partial charge in [0, 0.05) is 18.2 Å². The molecule has 8 rings (SSSR count). The van der Waals surface area contributed by atoms with Crippen molar-refractivity contribution in [3.05, 3.63) is 134 Å². The Balaban J connectivity index is 1.52. The third kappa shape index (κ3) is 3.08. The molecule has 4 aromatic rings. The number of aliphatic imine (C=N–C) groups is 1. The molecule has 2 bridgehead atoms. The molecule has 190 valence electrons. The van der Waals surface area contributed by atoms with Crippen LogP contribution in [0, 0.1) is 22.0 Å². The molecule has 0 aromatic heterocycles. The van der Waals surface area contributed by atoms with E-state index in [4.69, 9.17) is 11.6 Å². The fourth-order valence-electron chi connectivity index (χ4n) is 6.82. The van der Waals surface area contributed by atoms with Crippen molar-refractivity contribution in [2.75, 3.05) is 4.90 Å². The Morgan fingerprint density at radius 3 is 2.08 bits per heavy atom. The normalized spacial score (nSPS) is 24.5. The summed E-state index contributed by atoms with van der Waals surface area (Å²) in [5, 5.41) is 12.1. The van der Waals surface area contributed by atoms with Crippen LogP contribution in [-0.2, 0) is 15.0 Å². The largest absolute Gasteiger partial charge is 0.294 e. The second-order valence-corrected chi connectivity index (χ2v) is 10.4. The van der Waals surface area contributed by atoms with Crippen LogP contribution in [-0.4, -0.2) is 23.0 Å². The highest BCUT2D eigenvalue weighted by molar-refractivity contribution is 6.36. The third-order valence-electron chi connectivity index (χ3n) is 8.26. The molecule has 0 unspecified atom stereocenters. The van der Waals surface area contributed by atoms with Crippen LogP contribution in [0.5, 0.6) is 0 Å². The molecule has 1 aliphatic heterocycles. The van der Waals surface area contributed by atoms with Gasteiger partial charge in [-0.25, -0.2) is 4.90 Å². The van der Waals surface area contributed by atoms with Gasteiger partial charge in [-0.15, -0.1) is 0 Å². The van der Waals surface area contributed by atoms with Crippen LogP contribution in [0.4, 0.5) is 17.1 Å². The fraction of sp³-hybridized carbons (Fsp3) is 0.129. The Morgan fingerprint density at radius 2 is 1.41 bits per heavy atom. The van der Waals surface area contributed by atoms with E-state index in [9.17, 15) is 19.7 Å². The van der Waals surface area contributed by atoms with Gasteiger partial charge in [0.2, 0.25) is 11.8 Å². The van der Waals surface area contributed by atoms with Crippen molar-refractivity contribution < 1.29 is 14.5 Å². The average molecular weight is 534 g/mol. The third-order valence-corrected chi connectivity index (χ3v) is 8.58. The highest BCUT2D eigenvalue weighted by Crippen LogP contribution is 2.64. The molecular weight excluding hydrogens is 514 g/mol. The molecule has 39 heavy (non-hydrogen) atoms. The number of carbonyl (C=O) groups excluding carboxylic acids is 2. The van der Waals surface area contributed by atoms with Crippen LogP contribution in [0.25, 0.3) is 0 Å². The smallest absolute Gasteiger partial charge is 0.274 e. The van der Waals surface area contributed by atoms with Gasteiger partial charge in [-0.05, 0) is 40.5 Å². The fourth-order valence-corrected chi connectivity index (χ4v) is 7.04. The number of nitro groups is 1. The van der Waals surface area contributed by atoms with Crippen molar-refractivity contribution in [1.82, 2.24) is 0 Å². The Bertz CT molecular complexity index is 1700. The van der Waals surface area contributed by atoms with Gasteiger partial charge in [0.15, 0.2) is 0 Å². The SMILES string of the molecule is O=C1[C@@H]2[C@@H](C(=O)N1c1ccccc1Cl)C1c3ccccc3C2(C=Nc2ccccc2[N+](=O)[O-])c2ccccc21. The number of carbonyl (C=O) groups is 2. The molecule has 2 atom stereocenters. The van der Waals surface area contributed by atoms with E-state index in [1.807, 2.05) is 48.5 Å². The summed E-state index contributed by atoms with van der Waals surface area (Å²) in [6.07, 6.45) is 1.65. The number of nitrogens with zero attached hydrogens (tertiary/aromatic N) is 3. The molecule has 1 fully saturated rings. The number of amides is 2. The Morgan fingerprint density at radius 1 is 0.821 bits per heavy atom. The van der Waals surface area contributed by atoms with E-state index in [0.717, 1.165) is 22.3 Å². The monoisotopic (exact) mass is 533 g/mol. The number of halogens is 1. The lowest BCUT2D eigenvalue weighted by atomic mass is 9.47. The average Bonchev–Trinajstić information content (AvgIpc) is 3.23. The summed E-state index contributed by atoms with van der Waals surface area (Å²) < 4.78 is 0.